The van der Waals surface area contributed by atoms with E-state index in [0.717, 1.165) is 16.9 Å². The van der Waals surface area contributed by atoms with Crippen LogP contribution in [0.5, 0.6) is 5.75 Å². The Labute approximate surface area is 105 Å². The number of amides is 1. The second-order valence-electron chi connectivity index (χ2n) is 4.09. The number of rotatable bonds is 4. The molecule has 5 heteroatoms. The van der Waals surface area contributed by atoms with Gasteiger partial charge in [-0.3, -0.25) is 9.89 Å². The van der Waals surface area contributed by atoms with Crippen molar-refractivity contribution in [1.82, 2.24) is 10.2 Å². The summed E-state index contributed by atoms with van der Waals surface area (Å²) in [6.45, 7) is 3.91. The fourth-order valence-electron chi connectivity index (χ4n) is 1.52. The molecule has 1 heterocycles. The summed E-state index contributed by atoms with van der Waals surface area (Å²) in [7, 11) is 0. The Kier molecular flexibility index (Phi) is 3.62. The molecule has 94 valence electrons. The molecule has 0 bridgehead atoms. The van der Waals surface area contributed by atoms with Crippen LogP contribution in [-0.2, 0) is 4.79 Å². The number of aryl methyl sites for hydroxylation is 2. The summed E-state index contributed by atoms with van der Waals surface area (Å²) in [5.74, 6) is 0.523. The van der Waals surface area contributed by atoms with Crippen LogP contribution in [0.25, 0.3) is 0 Å². The van der Waals surface area contributed by atoms with E-state index in [1.165, 1.54) is 6.20 Å². The minimum atomic E-state index is -0.211. The van der Waals surface area contributed by atoms with Gasteiger partial charge < -0.3 is 10.1 Å². The summed E-state index contributed by atoms with van der Waals surface area (Å²) >= 11 is 0. The first kappa shape index (κ1) is 12.2. The summed E-state index contributed by atoms with van der Waals surface area (Å²) in [5.41, 5.74) is 2.74. The molecular weight excluding hydrogens is 230 g/mol. The third-order valence-electron chi connectivity index (χ3n) is 2.48. The summed E-state index contributed by atoms with van der Waals surface area (Å²) in [5, 5.41) is 9.03. The zero-order valence-corrected chi connectivity index (χ0v) is 10.4. The lowest BCUT2D eigenvalue weighted by Crippen LogP contribution is -2.20. The highest BCUT2D eigenvalue weighted by molar-refractivity contribution is 5.91. The number of nitrogens with one attached hydrogen (secondary N) is 2. The SMILES string of the molecule is Cc1ccc(C)c(OCC(=O)Nc2cn[nH]c2)c1. The number of anilines is 1. The minimum absolute atomic E-state index is 0.0184. The summed E-state index contributed by atoms with van der Waals surface area (Å²) in [4.78, 5) is 11.6. The lowest BCUT2D eigenvalue weighted by Gasteiger charge is -2.09. The van der Waals surface area contributed by atoms with Crippen molar-refractivity contribution in [2.75, 3.05) is 11.9 Å². The van der Waals surface area contributed by atoms with Crippen LogP contribution in [0.4, 0.5) is 5.69 Å². The van der Waals surface area contributed by atoms with Gasteiger partial charge in [0, 0.05) is 6.20 Å². The quantitative estimate of drug-likeness (QED) is 0.866. The first-order chi connectivity index (χ1) is 8.65. The second kappa shape index (κ2) is 5.35. The third-order valence-corrected chi connectivity index (χ3v) is 2.48. The zero-order chi connectivity index (χ0) is 13.0. The molecule has 1 amide bonds. The van der Waals surface area contributed by atoms with Gasteiger partial charge in [-0.05, 0) is 31.0 Å². The van der Waals surface area contributed by atoms with Crippen LogP contribution >= 0.6 is 0 Å². The molecule has 0 fully saturated rings. The maximum absolute atomic E-state index is 11.6. The number of carbonyl (C=O) groups is 1. The number of hydrogen-bond donors (Lipinski definition) is 2. The van der Waals surface area contributed by atoms with Crippen molar-refractivity contribution >= 4 is 11.6 Å². The van der Waals surface area contributed by atoms with Gasteiger partial charge in [0.25, 0.3) is 5.91 Å². The van der Waals surface area contributed by atoms with Crippen molar-refractivity contribution in [1.29, 1.82) is 0 Å². The molecule has 0 atom stereocenters. The van der Waals surface area contributed by atoms with Crippen LogP contribution in [0.15, 0.2) is 30.6 Å². The molecule has 0 aliphatic rings. The molecule has 18 heavy (non-hydrogen) atoms. The van der Waals surface area contributed by atoms with Crippen LogP contribution in [0.2, 0.25) is 0 Å². The Hall–Kier alpha value is -2.30. The number of benzene rings is 1. The number of aromatic nitrogens is 2. The second-order valence-corrected chi connectivity index (χ2v) is 4.09. The van der Waals surface area contributed by atoms with Gasteiger partial charge in [-0.15, -0.1) is 0 Å². The number of nitrogens with zero attached hydrogens (tertiary/aromatic N) is 1. The minimum Gasteiger partial charge on any atom is -0.483 e. The monoisotopic (exact) mass is 245 g/mol. The lowest BCUT2D eigenvalue weighted by molar-refractivity contribution is -0.118. The summed E-state index contributed by atoms with van der Waals surface area (Å²) < 4.78 is 5.49. The lowest BCUT2D eigenvalue weighted by atomic mass is 10.1. The molecule has 0 unspecified atom stereocenters. The van der Waals surface area contributed by atoms with Gasteiger partial charge in [0.05, 0.1) is 11.9 Å². The first-order valence-corrected chi connectivity index (χ1v) is 5.64. The molecule has 5 nitrogen and oxygen atoms in total. The average molecular weight is 245 g/mol. The van der Waals surface area contributed by atoms with Crippen molar-refractivity contribution in [3.05, 3.63) is 41.7 Å². The molecule has 0 aliphatic carbocycles. The number of ether oxygens (including phenoxy) is 1. The molecule has 0 aliphatic heterocycles. The van der Waals surface area contributed by atoms with E-state index in [1.54, 1.807) is 6.20 Å². The van der Waals surface area contributed by atoms with Crippen LogP contribution < -0.4 is 10.1 Å². The molecule has 2 rings (SSSR count). The predicted molar refractivity (Wildman–Crippen MR) is 68.6 cm³/mol. The Morgan fingerprint density at radius 3 is 3.00 bits per heavy atom. The Bertz CT molecular complexity index is 535. The van der Waals surface area contributed by atoms with E-state index in [1.807, 2.05) is 32.0 Å². The van der Waals surface area contributed by atoms with Crippen molar-refractivity contribution in [3.8, 4) is 5.75 Å². The fraction of sp³-hybridized carbons (Fsp3) is 0.231. The summed E-state index contributed by atoms with van der Waals surface area (Å²) in [6.07, 6.45) is 3.14. The van der Waals surface area contributed by atoms with E-state index in [2.05, 4.69) is 15.5 Å². The highest BCUT2D eigenvalue weighted by Gasteiger charge is 2.06. The molecule has 1 aromatic heterocycles. The van der Waals surface area contributed by atoms with Gasteiger partial charge in [0.1, 0.15) is 5.75 Å². The van der Waals surface area contributed by atoms with Gasteiger partial charge in [0.2, 0.25) is 0 Å². The Morgan fingerprint density at radius 2 is 2.28 bits per heavy atom. The van der Waals surface area contributed by atoms with Crippen molar-refractivity contribution in [2.24, 2.45) is 0 Å². The normalized spacial score (nSPS) is 10.1. The number of H-pyrrole nitrogens is 1. The molecule has 2 aromatic rings. The maximum atomic E-state index is 11.6. The van der Waals surface area contributed by atoms with Crippen LogP contribution in [-0.4, -0.2) is 22.7 Å². The maximum Gasteiger partial charge on any atom is 0.262 e. The zero-order valence-electron chi connectivity index (χ0n) is 10.4. The largest absolute Gasteiger partial charge is 0.483 e. The van der Waals surface area contributed by atoms with Gasteiger partial charge in [-0.25, -0.2) is 0 Å². The van der Waals surface area contributed by atoms with Gasteiger partial charge in [-0.2, -0.15) is 5.10 Å². The molecule has 0 spiro atoms. The highest BCUT2D eigenvalue weighted by Crippen LogP contribution is 2.18. The number of carbonyl (C=O) groups excluding carboxylic acids is 1. The predicted octanol–water partition coefficient (Wildman–Crippen LogP) is 2.04. The van der Waals surface area contributed by atoms with Crippen LogP contribution in [0, 0.1) is 13.8 Å². The van der Waals surface area contributed by atoms with E-state index < -0.39 is 0 Å². The average Bonchev–Trinajstić information content (AvgIpc) is 2.83. The summed E-state index contributed by atoms with van der Waals surface area (Å²) in [6, 6.07) is 5.90. The van der Waals surface area contributed by atoms with E-state index in [0.29, 0.717) is 5.69 Å². The number of aromatic amines is 1. The topological polar surface area (TPSA) is 67.0 Å². The Morgan fingerprint density at radius 1 is 1.44 bits per heavy atom. The van der Waals surface area contributed by atoms with E-state index >= 15 is 0 Å². The third kappa shape index (κ3) is 3.10. The van der Waals surface area contributed by atoms with Gasteiger partial charge in [-0.1, -0.05) is 12.1 Å². The van der Waals surface area contributed by atoms with Crippen molar-refractivity contribution < 1.29 is 9.53 Å². The van der Waals surface area contributed by atoms with Gasteiger partial charge in [0.15, 0.2) is 6.61 Å². The van der Waals surface area contributed by atoms with E-state index in [4.69, 9.17) is 4.74 Å². The van der Waals surface area contributed by atoms with Crippen molar-refractivity contribution in [2.45, 2.75) is 13.8 Å². The molecule has 0 saturated carbocycles. The van der Waals surface area contributed by atoms with Crippen molar-refractivity contribution in [3.63, 3.8) is 0 Å². The molecular formula is C13H15N3O2. The van der Waals surface area contributed by atoms with Gasteiger partial charge >= 0.3 is 0 Å². The molecule has 2 N–H and O–H groups in total. The first-order valence-electron chi connectivity index (χ1n) is 5.64. The van der Waals surface area contributed by atoms with Crippen LogP contribution in [0.3, 0.4) is 0 Å². The fourth-order valence-corrected chi connectivity index (χ4v) is 1.52. The highest BCUT2D eigenvalue weighted by atomic mass is 16.5. The van der Waals surface area contributed by atoms with E-state index in [-0.39, 0.29) is 12.5 Å². The number of hydrogen-bond acceptors (Lipinski definition) is 3. The Balaban J connectivity index is 1.91. The smallest absolute Gasteiger partial charge is 0.262 e. The van der Waals surface area contributed by atoms with Crippen LogP contribution in [0.1, 0.15) is 11.1 Å². The standard InChI is InChI=1S/C13H15N3O2/c1-9-3-4-10(2)12(5-9)18-8-13(17)16-11-6-14-15-7-11/h3-7H,8H2,1-2H3,(H,14,15)(H,16,17). The van der Waals surface area contributed by atoms with E-state index in [9.17, 15) is 4.79 Å². The molecule has 0 saturated heterocycles. The molecule has 0 radical (unpaired) electrons. The molecule has 1 aromatic carbocycles.